The molecule has 1 rings (SSSR count). The summed E-state index contributed by atoms with van der Waals surface area (Å²) in [7, 11) is 0. The second-order valence-electron chi connectivity index (χ2n) is 4.21. The number of rotatable bonds is 1. The molecule has 1 fully saturated rings. The van der Waals surface area contributed by atoms with Crippen molar-refractivity contribution in [2.45, 2.75) is 40.0 Å². The maximum absolute atomic E-state index is 10.9. The van der Waals surface area contributed by atoms with E-state index in [4.69, 9.17) is 0 Å². The zero-order chi connectivity index (χ0) is 7.78. The van der Waals surface area contributed by atoms with Crippen LogP contribution in [0.25, 0.3) is 0 Å². The van der Waals surface area contributed by atoms with E-state index in [-0.39, 0.29) is 0 Å². The normalized spacial score (nSPS) is 30.5. The number of hydrogen-bond donors (Lipinski definition) is 0. The summed E-state index contributed by atoms with van der Waals surface area (Å²) in [6, 6.07) is 0. The molecule has 0 N–H and O–H groups in total. The first-order chi connectivity index (χ1) is 4.51. The van der Waals surface area contributed by atoms with Crippen molar-refractivity contribution in [3.8, 4) is 0 Å². The second-order valence-corrected chi connectivity index (χ2v) is 4.21. The van der Waals surface area contributed by atoms with E-state index in [9.17, 15) is 4.79 Å². The van der Waals surface area contributed by atoms with Crippen LogP contribution in [0.3, 0.4) is 0 Å². The largest absolute Gasteiger partial charge is 0.300 e. The van der Waals surface area contributed by atoms with Crippen molar-refractivity contribution < 1.29 is 4.79 Å². The van der Waals surface area contributed by atoms with Gasteiger partial charge in [-0.3, -0.25) is 4.79 Å². The Morgan fingerprint density at radius 1 is 1.50 bits per heavy atom. The third-order valence-corrected chi connectivity index (χ3v) is 2.54. The van der Waals surface area contributed by atoms with Crippen LogP contribution in [0, 0.1) is 11.3 Å². The van der Waals surface area contributed by atoms with Crippen molar-refractivity contribution in [1.82, 2.24) is 0 Å². The molecule has 1 heteroatoms. The third-order valence-electron chi connectivity index (χ3n) is 2.54. The summed E-state index contributed by atoms with van der Waals surface area (Å²) < 4.78 is 0. The van der Waals surface area contributed by atoms with E-state index < -0.39 is 0 Å². The maximum atomic E-state index is 10.9. The summed E-state index contributed by atoms with van der Waals surface area (Å²) in [6.07, 6.45) is 3.43. The van der Waals surface area contributed by atoms with E-state index in [1.54, 1.807) is 6.92 Å². The molecule has 0 bridgehead atoms. The Labute approximate surface area is 62.8 Å². The SMILES string of the molecule is CC(=O)C1CCC(C)(C)C1. The molecule has 1 aliphatic carbocycles. The Balaban J connectivity index is 2.51. The molecule has 1 atom stereocenters. The molecule has 0 aromatic heterocycles. The molecule has 1 aliphatic rings. The molecule has 0 aliphatic heterocycles. The number of ketones is 1. The lowest BCUT2D eigenvalue weighted by Crippen LogP contribution is -2.10. The Bertz CT molecular complexity index is 147. The van der Waals surface area contributed by atoms with E-state index in [1.165, 1.54) is 6.42 Å². The second kappa shape index (κ2) is 2.37. The number of Topliss-reactive ketones (excluding diaryl/α,β-unsaturated/α-hetero) is 1. The summed E-state index contributed by atoms with van der Waals surface area (Å²) in [6.45, 7) is 6.21. The summed E-state index contributed by atoms with van der Waals surface area (Å²) in [4.78, 5) is 10.9. The van der Waals surface area contributed by atoms with Gasteiger partial charge in [-0.2, -0.15) is 0 Å². The fraction of sp³-hybridized carbons (Fsp3) is 0.889. The molecule has 0 radical (unpaired) electrons. The standard InChI is InChI=1S/C9H16O/c1-7(10)8-4-5-9(2,3)6-8/h8H,4-6H2,1-3H3. The van der Waals surface area contributed by atoms with Gasteiger partial charge in [-0.25, -0.2) is 0 Å². The van der Waals surface area contributed by atoms with Gasteiger partial charge in [0.2, 0.25) is 0 Å². The molecule has 0 spiro atoms. The smallest absolute Gasteiger partial charge is 0.132 e. The molecule has 0 aromatic carbocycles. The Morgan fingerprint density at radius 2 is 2.10 bits per heavy atom. The molecule has 10 heavy (non-hydrogen) atoms. The van der Waals surface area contributed by atoms with Crippen LogP contribution >= 0.6 is 0 Å². The molecule has 0 aromatic rings. The zero-order valence-corrected chi connectivity index (χ0v) is 7.11. The zero-order valence-electron chi connectivity index (χ0n) is 7.11. The topological polar surface area (TPSA) is 17.1 Å². The van der Waals surface area contributed by atoms with Gasteiger partial charge in [-0.15, -0.1) is 0 Å². The number of hydrogen-bond acceptors (Lipinski definition) is 1. The van der Waals surface area contributed by atoms with Crippen LogP contribution in [0.5, 0.6) is 0 Å². The molecule has 1 unspecified atom stereocenters. The minimum Gasteiger partial charge on any atom is -0.300 e. The van der Waals surface area contributed by atoms with Gasteiger partial charge in [0.1, 0.15) is 5.78 Å². The van der Waals surface area contributed by atoms with Gasteiger partial charge in [-0.05, 0) is 31.6 Å². The minimum atomic E-state index is 0.370. The molecule has 58 valence electrons. The third kappa shape index (κ3) is 1.59. The van der Waals surface area contributed by atoms with E-state index in [1.807, 2.05) is 0 Å². The molecular formula is C9H16O. The van der Waals surface area contributed by atoms with Crippen LogP contribution in [0.1, 0.15) is 40.0 Å². The summed E-state index contributed by atoms with van der Waals surface area (Å²) in [5.74, 6) is 0.751. The van der Waals surface area contributed by atoms with Crippen molar-refractivity contribution in [3.63, 3.8) is 0 Å². The lowest BCUT2D eigenvalue weighted by molar-refractivity contribution is -0.120. The van der Waals surface area contributed by atoms with Gasteiger partial charge < -0.3 is 0 Å². The van der Waals surface area contributed by atoms with E-state index in [2.05, 4.69) is 13.8 Å². The van der Waals surface area contributed by atoms with Gasteiger partial charge in [0.15, 0.2) is 0 Å². The van der Waals surface area contributed by atoms with Crippen molar-refractivity contribution in [2.75, 3.05) is 0 Å². The van der Waals surface area contributed by atoms with E-state index in [0.29, 0.717) is 17.1 Å². The van der Waals surface area contributed by atoms with Crippen molar-refractivity contribution in [2.24, 2.45) is 11.3 Å². The number of carbonyl (C=O) groups excluding carboxylic acids is 1. The van der Waals surface area contributed by atoms with Crippen LogP contribution in [0.15, 0.2) is 0 Å². The van der Waals surface area contributed by atoms with Crippen molar-refractivity contribution in [1.29, 1.82) is 0 Å². The Morgan fingerprint density at radius 3 is 2.30 bits per heavy atom. The Hall–Kier alpha value is -0.330. The average molecular weight is 140 g/mol. The monoisotopic (exact) mass is 140 g/mol. The summed E-state index contributed by atoms with van der Waals surface area (Å²) >= 11 is 0. The van der Waals surface area contributed by atoms with E-state index >= 15 is 0 Å². The quantitative estimate of drug-likeness (QED) is 0.546. The highest BCUT2D eigenvalue weighted by Gasteiger charge is 2.32. The molecule has 0 saturated heterocycles. The number of carbonyl (C=O) groups is 1. The van der Waals surface area contributed by atoms with Crippen molar-refractivity contribution in [3.05, 3.63) is 0 Å². The molecular weight excluding hydrogens is 124 g/mol. The first kappa shape index (κ1) is 7.77. The van der Waals surface area contributed by atoms with Crippen LogP contribution in [-0.2, 0) is 4.79 Å². The lowest BCUT2D eigenvalue weighted by Gasteiger charge is -2.15. The van der Waals surface area contributed by atoms with Crippen molar-refractivity contribution >= 4 is 5.78 Å². The van der Waals surface area contributed by atoms with Crippen LogP contribution in [0.2, 0.25) is 0 Å². The van der Waals surface area contributed by atoms with Gasteiger partial charge in [-0.1, -0.05) is 13.8 Å². The molecule has 1 nitrogen and oxygen atoms in total. The highest BCUT2D eigenvalue weighted by atomic mass is 16.1. The summed E-state index contributed by atoms with van der Waals surface area (Å²) in [5, 5.41) is 0. The molecule has 0 amide bonds. The minimum absolute atomic E-state index is 0.370. The Kier molecular flexibility index (Phi) is 1.84. The van der Waals surface area contributed by atoms with E-state index in [0.717, 1.165) is 12.8 Å². The molecule has 1 saturated carbocycles. The fourth-order valence-corrected chi connectivity index (χ4v) is 1.78. The molecule has 0 heterocycles. The predicted octanol–water partition coefficient (Wildman–Crippen LogP) is 2.40. The first-order valence-electron chi connectivity index (χ1n) is 4.02. The van der Waals surface area contributed by atoms with Crippen LogP contribution in [0.4, 0.5) is 0 Å². The average Bonchev–Trinajstić information content (AvgIpc) is 2.10. The highest BCUT2D eigenvalue weighted by Crippen LogP contribution is 2.40. The van der Waals surface area contributed by atoms with Gasteiger partial charge >= 0.3 is 0 Å². The lowest BCUT2D eigenvalue weighted by atomic mass is 9.90. The van der Waals surface area contributed by atoms with Gasteiger partial charge in [0, 0.05) is 5.92 Å². The first-order valence-corrected chi connectivity index (χ1v) is 4.02. The van der Waals surface area contributed by atoms with Crippen LogP contribution in [-0.4, -0.2) is 5.78 Å². The highest BCUT2D eigenvalue weighted by molar-refractivity contribution is 5.78. The van der Waals surface area contributed by atoms with Gasteiger partial charge in [0.05, 0.1) is 0 Å². The van der Waals surface area contributed by atoms with Gasteiger partial charge in [0.25, 0.3) is 0 Å². The fourth-order valence-electron chi connectivity index (χ4n) is 1.78. The maximum Gasteiger partial charge on any atom is 0.132 e. The predicted molar refractivity (Wildman–Crippen MR) is 41.8 cm³/mol. The van der Waals surface area contributed by atoms with Crippen LogP contribution < -0.4 is 0 Å². The summed E-state index contributed by atoms with van der Waals surface area (Å²) in [5.41, 5.74) is 0.427.